The second-order valence-electron chi connectivity index (χ2n) is 4.50. The molecule has 1 heterocycles. The number of nitrogens with zero attached hydrogens (tertiary/aromatic N) is 1. The van der Waals surface area contributed by atoms with E-state index in [9.17, 15) is 14.4 Å². The highest BCUT2D eigenvalue weighted by molar-refractivity contribution is 6.39. The molecule has 0 fully saturated rings. The molecular formula is C14H15NO4. The van der Waals surface area contributed by atoms with Gasteiger partial charge in [-0.25, -0.2) is 9.78 Å². The number of Topliss-reactive ketones (excluding diaryl/α,β-unsaturated/α-hetero) is 2. The van der Waals surface area contributed by atoms with Gasteiger partial charge in [0.25, 0.3) is 5.78 Å². The molecule has 1 aliphatic rings. The maximum atomic E-state index is 12.2. The van der Waals surface area contributed by atoms with Crippen molar-refractivity contribution in [2.24, 2.45) is 5.92 Å². The van der Waals surface area contributed by atoms with E-state index in [1.807, 2.05) is 12.1 Å². The number of esters is 1. The molecule has 5 nitrogen and oxygen atoms in total. The monoisotopic (exact) mass is 261 g/mol. The van der Waals surface area contributed by atoms with E-state index < -0.39 is 17.7 Å². The van der Waals surface area contributed by atoms with Crippen molar-refractivity contribution in [3.63, 3.8) is 0 Å². The minimum Gasteiger partial charge on any atom is -0.460 e. The van der Waals surface area contributed by atoms with Crippen LogP contribution in [0.1, 0.15) is 35.1 Å². The van der Waals surface area contributed by atoms with Crippen LogP contribution in [0.15, 0.2) is 12.1 Å². The first-order valence-electron chi connectivity index (χ1n) is 6.26. The smallest absolute Gasteiger partial charge is 0.375 e. The summed E-state index contributed by atoms with van der Waals surface area (Å²) in [5.74, 6) is -3.01. The number of ketones is 2. The molecule has 5 heteroatoms. The predicted molar refractivity (Wildman–Crippen MR) is 66.8 cm³/mol. The average molecular weight is 261 g/mol. The largest absolute Gasteiger partial charge is 0.460 e. The maximum absolute atomic E-state index is 12.2. The number of hydrogen-bond donors (Lipinski definition) is 0. The van der Waals surface area contributed by atoms with Gasteiger partial charge in [0, 0.05) is 5.69 Å². The van der Waals surface area contributed by atoms with Gasteiger partial charge < -0.3 is 4.74 Å². The molecule has 0 bridgehead atoms. The molecule has 19 heavy (non-hydrogen) atoms. The maximum Gasteiger partial charge on any atom is 0.375 e. The van der Waals surface area contributed by atoms with Crippen LogP contribution in [0.25, 0.3) is 0 Å². The quantitative estimate of drug-likeness (QED) is 0.465. The van der Waals surface area contributed by atoms with Crippen LogP contribution in [0, 0.1) is 12.8 Å². The van der Waals surface area contributed by atoms with Crippen molar-refractivity contribution in [3.05, 3.63) is 29.1 Å². The van der Waals surface area contributed by atoms with Crippen LogP contribution in [-0.4, -0.2) is 29.1 Å². The first-order chi connectivity index (χ1) is 9.04. The number of carbonyl (C=O) groups is 3. The van der Waals surface area contributed by atoms with Crippen LogP contribution in [0.2, 0.25) is 0 Å². The van der Waals surface area contributed by atoms with Crippen molar-refractivity contribution >= 4 is 17.5 Å². The lowest BCUT2D eigenvalue weighted by Gasteiger charge is -2.20. The average Bonchev–Trinajstić information content (AvgIpc) is 2.39. The highest BCUT2D eigenvalue weighted by Gasteiger charge is 2.37. The Kier molecular flexibility index (Phi) is 3.74. The Morgan fingerprint density at radius 3 is 2.84 bits per heavy atom. The Labute approximate surface area is 111 Å². The van der Waals surface area contributed by atoms with E-state index in [0.717, 1.165) is 11.3 Å². The number of ether oxygens (including phenoxy) is 1. The lowest BCUT2D eigenvalue weighted by Crippen LogP contribution is -2.35. The number of aromatic nitrogens is 1. The second-order valence-corrected chi connectivity index (χ2v) is 4.50. The van der Waals surface area contributed by atoms with E-state index in [1.165, 1.54) is 0 Å². The molecule has 0 radical (unpaired) electrons. The van der Waals surface area contributed by atoms with Gasteiger partial charge in [0.15, 0.2) is 5.78 Å². The Balaban J connectivity index is 2.26. The van der Waals surface area contributed by atoms with E-state index in [-0.39, 0.29) is 12.4 Å². The standard InChI is InChI=1S/C14H15NO4/c1-3-19-14(18)13(17)10-7-6-9-5-4-8(2)15-11(9)12(10)16/h4-5,10H,3,6-7H2,1-2H3. The number of carbonyl (C=O) groups excluding carboxylic acids is 3. The fraction of sp³-hybridized carbons (Fsp3) is 0.429. The molecule has 1 aromatic heterocycles. The van der Waals surface area contributed by atoms with Gasteiger partial charge in [-0.1, -0.05) is 6.07 Å². The fourth-order valence-electron chi connectivity index (χ4n) is 2.19. The van der Waals surface area contributed by atoms with Crippen LogP contribution in [-0.2, 0) is 20.7 Å². The zero-order valence-electron chi connectivity index (χ0n) is 10.9. The lowest BCUT2D eigenvalue weighted by atomic mass is 9.83. The van der Waals surface area contributed by atoms with Crippen LogP contribution in [0.3, 0.4) is 0 Å². The van der Waals surface area contributed by atoms with Gasteiger partial charge in [-0.15, -0.1) is 0 Å². The number of aryl methyl sites for hydroxylation is 2. The summed E-state index contributed by atoms with van der Waals surface area (Å²) in [6, 6.07) is 3.68. The van der Waals surface area contributed by atoms with Crippen molar-refractivity contribution in [2.75, 3.05) is 6.61 Å². The van der Waals surface area contributed by atoms with Gasteiger partial charge in [0.2, 0.25) is 0 Å². The number of hydrogen-bond acceptors (Lipinski definition) is 5. The van der Waals surface area contributed by atoms with Crippen molar-refractivity contribution in [2.45, 2.75) is 26.7 Å². The zero-order valence-corrected chi connectivity index (χ0v) is 10.9. The molecule has 0 saturated heterocycles. The van der Waals surface area contributed by atoms with Crippen LogP contribution in [0.4, 0.5) is 0 Å². The van der Waals surface area contributed by atoms with Crippen molar-refractivity contribution < 1.29 is 19.1 Å². The Morgan fingerprint density at radius 1 is 1.42 bits per heavy atom. The normalized spacial score (nSPS) is 17.8. The fourth-order valence-corrected chi connectivity index (χ4v) is 2.19. The molecule has 0 aromatic carbocycles. The van der Waals surface area contributed by atoms with Crippen molar-refractivity contribution in [1.29, 1.82) is 0 Å². The van der Waals surface area contributed by atoms with Crippen LogP contribution >= 0.6 is 0 Å². The third-order valence-corrected chi connectivity index (χ3v) is 3.16. The van der Waals surface area contributed by atoms with Gasteiger partial charge in [0.05, 0.1) is 12.5 Å². The first kappa shape index (κ1) is 13.4. The number of fused-ring (bicyclic) bond motifs is 1. The molecule has 1 unspecified atom stereocenters. The highest BCUT2D eigenvalue weighted by atomic mass is 16.5. The summed E-state index contributed by atoms with van der Waals surface area (Å²) in [6.45, 7) is 3.53. The number of pyridine rings is 1. The second kappa shape index (κ2) is 5.30. The summed E-state index contributed by atoms with van der Waals surface area (Å²) in [7, 11) is 0. The third kappa shape index (κ3) is 2.54. The molecule has 0 amide bonds. The highest BCUT2D eigenvalue weighted by Crippen LogP contribution is 2.25. The summed E-state index contributed by atoms with van der Waals surface area (Å²) in [6.07, 6.45) is 0.915. The summed E-state index contributed by atoms with van der Waals surface area (Å²) in [4.78, 5) is 39.7. The summed E-state index contributed by atoms with van der Waals surface area (Å²) < 4.78 is 4.66. The SMILES string of the molecule is CCOC(=O)C(=O)C1CCc2ccc(C)nc2C1=O. The first-order valence-corrected chi connectivity index (χ1v) is 6.26. The molecule has 0 N–H and O–H groups in total. The van der Waals surface area contributed by atoms with E-state index in [2.05, 4.69) is 9.72 Å². The topological polar surface area (TPSA) is 73.3 Å². The summed E-state index contributed by atoms with van der Waals surface area (Å²) in [5.41, 5.74) is 1.87. The van der Waals surface area contributed by atoms with Crippen LogP contribution < -0.4 is 0 Å². The van der Waals surface area contributed by atoms with Gasteiger partial charge >= 0.3 is 5.97 Å². The molecule has 1 aliphatic carbocycles. The molecule has 100 valence electrons. The molecule has 1 atom stereocenters. The van der Waals surface area contributed by atoms with Gasteiger partial charge in [-0.3, -0.25) is 9.59 Å². The van der Waals surface area contributed by atoms with E-state index in [4.69, 9.17) is 0 Å². The summed E-state index contributed by atoms with van der Waals surface area (Å²) >= 11 is 0. The Bertz CT molecular complexity index is 550. The number of rotatable bonds is 3. The minimum atomic E-state index is -0.944. The molecular weight excluding hydrogens is 246 g/mol. The predicted octanol–water partition coefficient (Wildman–Crippen LogP) is 1.27. The van der Waals surface area contributed by atoms with E-state index in [1.54, 1.807) is 13.8 Å². The van der Waals surface area contributed by atoms with Gasteiger partial charge in [0.1, 0.15) is 5.69 Å². The van der Waals surface area contributed by atoms with E-state index in [0.29, 0.717) is 18.5 Å². The van der Waals surface area contributed by atoms with Gasteiger partial charge in [-0.05, 0) is 38.3 Å². The molecule has 1 aromatic rings. The lowest BCUT2D eigenvalue weighted by molar-refractivity contribution is -0.154. The van der Waals surface area contributed by atoms with E-state index >= 15 is 0 Å². The molecule has 0 saturated carbocycles. The third-order valence-electron chi connectivity index (χ3n) is 3.16. The van der Waals surface area contributed by atoms with Crippen LogP contribution in [0.5, 0.6) is 0 Å². The Hall–Kier alpha value is -2.04. The minimum absolute atomic E-state index is 0.124. The van der Waals surface area contributed by atoms with Crippen molar-refractivity contribution in [1.82, 2.24) is 4.98 Å². The molecule has 0 spiro atoms. The molecule has 0 aliphatic heterocycles. The molecule has 2 rings (SSSR count). The Morgan fingerprint density at radius 2 is 2.16 bits per heavy atom. The summed E-state index contributed by atoms with van der Waals surface area (Å²) in [5, 5.41) is 0. The van der Waals surface area contributed by atoms with Crippen molar-refractivity contribution in [3.8, 4) is 0 Å². The van der Waals surface area contributed by atoms with Gasteiger partial charge in [-0.2, -0.15) is 0 Å². The zero-order chi connectivity index (χ0) is 14.0.